The summed E-state index contributed by atoms with van der Waals surface area (Å²) < 4.78 is 0. The van der Waals surface area contributed by atoms with Crippen LogP contribution in [0.3, 0.4) is 0 Å². The summed E-state index contributed by atoms with van der Waals surface area (Å²) in [6, 6.07) is 0. The van der Waals surface area contributed by atoms with Crippen LogP contribution in [0.4, 0.5) is 0 Å². The van der Waals surface area contributed by atoms with Crippen molar-refractivity contribution in [3.05, 3.63) is 0 Å². The van der Waals surface area contributed by atoms with Crippen molar-refractivity contribution in [3.63, 3.8) is 0 Å². The van der Waals surface area contributed by atoms with Crippen molar-refractivity contribution in [2.75, 3.05) is 19.6 Å². The molecule has 3 nitrogen and oxygen atoms in total. The molecule has 2 aliphatic rings. The van der Waals surface area contributed by atoms with Crippen molar-refractivity contribution in [3.8, 4) is 0 Å². The van der Waals surface area contributed by atoms with Crippen LogP contribution in [0.5, 0.6) is 0 Å². The van der Waals surface area contributed by atoms with Crippen LogP contribution in [0, 0.1) is 5.92 Å². The molecule has 3 heteroatoms. The molecule has 1 N–H and O–H groups in total. The van der Waals surface area contributed by atoms with Gasteiger partial charge in [0.25, 0.3) is 0 Å². The van der Waals surface area contributed by atoms with Crippen LogP contribution in [0.15, 0.2) is 0 Å². The number of carbonyl (C=O) groups is 1. The maximum atomic E-state index is 11.1. The average molecular weight is 198 g/mol. The highest BCUT2D eigenvalue weighted by atomic mass is 16.1. The van der Waals surface area contributed by atoms with E-state index in [-0.39, 0.29) is 12.9 Å². The molecule has 2 fully saturated rings. The van der Waals surface area contributed by atoms with Gasteiger partial charge in [0, 0.05) is 20.4 Å². The lowest BCUT2D eigenvalue weighted by Gasteiger charge is -2.24. The van der Waals surface area contributed by atoms with Gasteiger partial charge in [0.05, 0.1) is 0 Å². The van der Waals surface area contributed by atoms with Gasteiger partial charge in [-0.25, -0.2) is 0 Å². The van der Waals surface area contributed by atoms with Gasteiger partial charge in [-0.2, -0.15) is 0 Å². The summed E-state index contributed by atoms with van der Waals surface area (Å²) in [5.41, 5.74) is 0.190. The molecule has 14 heavy (non-hydrogen) atoms. The first-order chi connectivity index (χ1) is 6.66. The molecule has 1 heterocycles. The Morgan fingerprint density at radius 3 is 2.79 bits per heavy atom. The Bertz CT molecular complexity index is 241. The Balaban J connectivity index is 0.00000112. The van der Waals surface area contributed by atoms with E-state index in [2.05, 4.69) is 17.1 Å². The van der Waals surface area contributed by atoms with E-state index in [0.717, 1.165) is 6.54 Å². The second-order valence-electron chi connectivity index (χ2n) is 4.72. The monoisotopic (exact) mass is 198 g/mol. The Labute approximate surface area is 87.3 Å². The van der Waals surface area contributed by atoms with Gasteiger partial charge in [0.15, 0.2) is 0 Å². The first-order valence-electron chi connectivity index (χ1n) is 5.67. The Hall–Kier alpha value is -0.570. The van der Waals surface area contributed by atoms with E-state index in [9.17, 15) is 4.79 Å². The molecular formula is C11H22N2O. The number of hydrogen-bond donors (Lipinski definition) is 1. The van der Waals surface area contributed by atoms with Crippen LogP contribution in [0.1, 0.15) is 34.5 Å². The largest absolute Gasteiger partial charge is 0.351 e. The van der Waals surface area contributed by atoms with Gasteiger partial charge >= 0.3 is 0 Å². The van der Waals surface area contributed by atoms with E-state index >= 15 is 0 Å². The number of likely N-dealkylation sites (tertiary alicyclic amines) is 1. The molecule has 0 radical (unpaired) electrons. The van der Waals surface area contributed by atoms with Crippen molar-refractivity contribution < 1.29 is 6.22 Å². The summed E-state index contributed by atoms with van der Waals surface area (Å²) in [4.78, 5) is 13.6. The molecule has 0 aromatic rings. The minimum absolute atomic E-state index is 0. The highest BCUT2D eigenvalue weighted by Gasteiger charge is 2.51. The lowest BCUT2D eigenvalue weighted by molar-refractivity contribution is -0.120. The smallest absolute Gasteiger partial charge is 0.217 e. The number of nitrogens with zero attached hydrogens (tertiary/aromatic N) is 1. The number of hydrogen-bond acceptors (Lipinski definition) is 2. The van der Waals surface area contributed by atoms with E-state index < -0.39 is 0 Å². The van der Waals surface area contributed by atoms with Crippen molar-refractivity contribution in [1.82, 2.24) is 10.2 Å². The van der Waals surface area contributed by atoms with Crippen LogP contribution in [-0.4, -0.2) is 36.0 Å². The van der Waals surface area contributed by atoms with E-state index in [1.54, 1.807) is 6.92 Å². The molecule has 82 valence electrons. The van der Waals surface area contributed by atoms with Crippen LogP contribution in [0.2, 0.25) is 0 Å². The van der Waals surface area contributed by atoms with E-state index in [1.807, 2.05) is 0 Å². The van der Waals surface area contributed by atoms with Crippen LogP contribution in [0.25, 0.3) is 0 Å². The topological polar surface area (TPSA) is 32.3 Å². The van der Waals surface area contributed by atoms with Gasteiger partial charge in [-0.05, 0) is 38.3 Å². The SMILES string of the molecule is CCN1CCC(C2(NC(C)=O)CC2)C1.[HH]. The first-order valence-corrected chi connectivity index (χ1v) is 5.67. The predicted molar refractivity (Wildman–Crippen MR) is 58.1 cm³/mol. The lowest BCUT2D eigenvalue weighted by atomic mass is 9.96. The number of nitrogens with one attached hydrogen (secondary N) is 1. The predicted octanol–water partition coefficient (Wildman–Crippen LogP) is 1.24. The third-order valence-corrected chi connectivity index (χ3v) is 3.71. The Morgan fingerprint density at radius 2 is 2.36 bits per heavy atom. The Kier molecular flexibility index (Phi) is 2.52. The summed E-state index contributed by atoms with van der Waals surface area (Å²) in [6.07, 6.45) is 3.64. The molecule has 1 saturated carbocycles. The molecule has 1 unspecified atom stereocenters. The number of carbonyl (C=O) groups excluding carboxylic acids is 1. The molecule has 0 aromatic carbocycles. The molecule has 0 aromatic heterocycles. The molecule has 1 aliphatic carbocycles. The van der Waals surface area contributed by atoms with Gasteiger partial charge in [-0.15, -0.1) is 0 Å². The third kappa shape index (κ3) is 1.78. The summed E-state index contributed by atoms with van der Waals surface area (Å²) >= 11 is 0. The number of rotatable bonds is 3. The molecule has 2 rings (SSSR count). The van der Waals surface area contributed by atoms with Crippen LogP contribution in [-0.2, 0) is 4.79 Å². The molecular weight excluding hydrogens is 176 g/mol. The van der Waals surface area contributed by atoms with Crippen LogP contribution >= 0.6 is 0 Å². The molecule has 0 bridgehead atoms. The Morgan fingerprint density at radius 1 is 1.64 bits per heavy atom. The van der Waals surface area contributed by atoms with Crippen molar-refractivity contribution >= 4 is 5.91 Å². The second kappa shape index (κ2) is 3.54. The zero-order valence-corrected chi connectivity index (χ0v) is 9.18. The summed E-state index contributed by atoms with van der Waals surface area (Å²) in [5.74, 6) is 0.837. The second-order valence-corrected chi connectivity index (χ2v) is 4.72. The van der Waals surface area contributed by atoms with Crippen molar-refractivity contribution in [2.24, 2.45) is 5.92 Å². The molecule has 1 amide bonds. The zero-order chi connectivity index (χ0) is 10.2. The minimum atomic E-state index is 0. The molecule has 0 spiro atoms. The molecule has 1 aliphatic heterocycles. The van der Waals surface area contributed by atoms with Gasteiger partial charge in [-0.3, -0.25) is 4.79 Å². The maximum absolute atomic E-state index is 11.1. The van der Waals surface area contributed by atoms with E-state index in [4.69, 9.17) is 0 Å². The van der Waals surface area contributed by atoms with E-state index in [0.29, 0.717) is 5.92 Å². The van der Waals surface area contributed by atoms with Gasteiger partial charge in [-0.1, -0.05) is 6.92 Å². The molecule has 1 saturated heterocycles. The highest BCUT2D eigenvalue weighted by molar-refractivity contribution is 5.74. The van der Waals surface area contributed by atoms with E-state index in [1.165, 1.54) is 32.4 Å². The van der Waals surface area contributed by atoms with Crippen LogP contribution < -0.4 is 5.32 Å². The standard InChI is InChI=1S/C11H20N2O.H2/c1-3-13-7-4-10(8-13)11(5-6-11)12-9(2)14;/h10H,3-8H2,1-2H3,(H,12,14);1H. The minimum Gasteiger partial charge on any atom is -0.351 e. The average Bonchev–Trinajstić information content (AvgIpc) is 2.76. The maximum Gasteiger partial charge on any atom is 0.217 e. The fourth-order valence-electron chi connectivity index (χ4n) is 2.69. The highest BCUT2D eigenvalue weighted by Crippen LogP contribution is 2.45. The summed E-state index contributed by atoms with van der Waals surface area (Å²) in [5, 5.41) is 3.15. The van der Waals surface area contributed by atoms with Gasteiger partial charge < -0.3 is 10.2 Å². The zero-order valence-electron chi connectivity index (χ0n) is 9.18. The first kappa shape index (κ1) is 9.97. The quantitative estimate of drug-likeness (QED) is 0.740. The molecule has 1 atom stereocenters. The lowest BCUT2D eigenvalue weighted by Crippen LogP contribution is -2.42. The number of amides is 1. The van der Waals surface area contributed by atoms with Gasteiger partial charge in [0.1, 0.15) is 0 Å². The summed E-state index contributed by atoms with van der Waals surface area (Å²) in [6.45, 7) is 7.37. The summed E-state index contributed by atoms with van der Waals surface area (Å²) in [7, 11) is 0. The normalized spacial score (nSPS) is 30.3. The third-order valence-electron chi connectivity index (χ3n) is 3.71. The fourth-order valence-corrected chi connectivity index (χ4v) is 2.69. The van der Waals surface area contributed by atoms with Gasteiger partial charge in [0.2, 0.25) is 5.91 Å². The van der Waals surface area contributed by atoms with Crippen molar-refractivity contribution in [1.29, 1.82) is 0 Å². The fraction of sp³-hybridized carbons (Fsp3) is 0.909. The van der Waals surface area contributed by atoms with Crippen molar-refractivity contribution in [2.45, 2.75) is 38.6 Å².